The quantitative estimate of drug-likeness (QED) is 0.285. The summed E-state index contributed by atoms with van der Waals surface area (Å²) in [5.41, 5.74) is 3.22. The zero-order valence-corrected chi connectivity index (χ0v) is 35.2. The van der Waals surface area contributed by atoms with E-state index in [9.17, 15) is 0 Å². The van der Waals surface area contributed by atoms with Gasteiger partial charge in [-0.25, -0.2) is 0 Å². The summed E-state index contributed by atoms with van der Waals surface area (Å²) in [6.07, 6.45) is 13.8. The predicted molar refractivity (Wildman–Crippen MR) is 204 cm³/mol. The van der Waals surface area contributed by atoms with E-state index in [1.165, 1.54) is 64.2 Å². The first-order valence-electron chi connectivity index (χ1n) is 18.7. The average Bonchev–Trinajstić information content (AvgIpc) is 2.84. The monoisotopic (exact) mass is 599 g/mol. The van der Waals surface area contributed by atoms with Crippen LogP contribution in [-0.2, 0) is 0 Å². The fraction of sp³-hybridized carbons (Fsp3) is 1.00. The van der Waals surface area contributed by atoms with Gasteiger partial charge in [0.2, 0.25) is 0 Å². The van der Waals surface area contributed by atoms with Gasteiger partial charge in [-0.3, -0.25) is 0 Å². The fourth-order valence-corrected chi connectivity index (χ4v) is 4.62. The van der Waals surface area contributed by atoms with Gasteiger partial charge < -0.3 is 0 Å². The molecule has 0 N–H and O–H groups in total. The molecule has 0 saturated heterocycles. The van der Waals surface area contributed by atoms with E-state index in [2.05, 4.69) is 125 Å². The molecule has 1 aliphatic rings. The minimum atomic E-state index is 0.477. The van der Waals surface area contributed by atoms with Crippen molar-refractivity contribution < 1.29 is 0 Å². The Labute approximate surface area is 274 Å². The summed E-state index contributed by atoms with van der Waals surface area (Å²) in [6.45, 7) is 54.3. The van der Waals surface area contributed by atoms with Crippen LogP contribution in [0.4, 0.5) is 0 Å². The van der Waals surface area contributed by atoms with Gasteiger partial charge in [0.15, 0.2) is 0 Å². The Kier molecular flexibility index (Phi) is 29.8. The summed E-state index contributed by atoms with van der Waals surface area (Å²) in [5, 5.41) is 0. The van der Waals surface area contributed by atoms with Crippen LogP contribution in [0.5, 0.6) is 0 Å². The van der Waals surface area contributed by atoms with Crippen molar-refractivity contribution in [3.05, 3.63) is 0 Å². The number of hydrogen-bond acceptors (Lipinski definition) is 0. The third-order valence-corrected chi connectivity index (χ3v) is 9.11. The first-order chi connectivity index (χ1) is 18.7. The first-order valence-corrected chi connectivity index (χ1v) is 18.7. The van der Waals surface area contributed by atoms with E-state index in [0.717, 1.165) is 11.8 Å². The first kappa shape index (κ1) is 51.6. The maximum Gasteiger partial charge on any atom is -0.0354 e. The maximum atomic E-state index is 2.41. The number of rotatable bonds is 6. The van der Waals surface area contributed by atoms with Gasteiger partial charge in [0.25, 0.3) is 0 Å². The van der Waals surface area contributed by atoms with Crippen molar-refractivity contribution in [2.75, 3.05) is 0 Å². The van der Waals surface area contributed by atoms with Crippen molar-refractivity contribution >= 4 is 0 Å². The van der Waals surface area contributed by atoms with E-state index in [1.54, 1.807) is 0 Å². The lowest BCUT2D eigenvalue weighted by molar-refractivity contribution is 0.111. The molecule has 0 radical (unpaired) electrons. The molecule has 0 spiro atoms. The molecule has 1 fully saturated rings. The summed E-state index contributed by atoms with van der Waals surface area (Å²) in [7, 11) is 0. The number of hydrogen-bond donors (Lipinski definition) is 0. The summed E-state index contributed by atoms with van der Waals surface area (Å²) >= 11 is 0. The van der Waals surface area contributed by atoms with Gasteiger partial charge in [-0.15, -0.1) is 0 Å². The minimum absolute atomic E-state index is 0.477. The highest BCUT2D eigenvalue weighted by molar-refractivity contribution is 4.84. The topological polar surface area (TPSA) is 0 Å². The summed E-state index contributed by atoms with van der Waals surface area (Å²) in [4.78, 5) is 0. The Balaban J connectivity index is -0.000000149. The lowest BCUT2D eigenvalue weighted by Gasteiger charge is -2.40. The van der Waals surface area contributed by atoms with Gasteiger partial charge >= 0.3 is 0 Å². The average molecular weight is 599 g/mol. The SMILES string of the molecule is CC.CC.CC.CC(CCC(C)(C)C)C(C)(C)C.CC1(C)CCC(C(C)(C)C)CC1.CCC(C)(C)CCCC(C)(C)C. The molecule has 0 aliphatic heterocycles. The third kappa shape index (κ3) is 36.2. The molecule has 42 heavy (non-hydrogen) atoms. The van der Waals surface area contributed by atoms with Crippen LogP contribution in [-0.4, -0.2) is 0 Å². The lowest BCUT2D eigenvalue weighted by Crippen LogP contribution is -2.29. The van der Waals surface area contributed by atoms with Crippen LogP contribution in [0.1, 0.15) is 230 Å². The third-order valence-electron chi connectivity index (χ3n) is 9.11. The van der Waals surface area contributed by atoms with Crippen LogP contribution in [0.3, 0.4) is 0 Å². The second-order valence-electron chi connectivity index (χ2n) is 18.6. The second-order valence-corrected chi connectivity index (χ2v) is 18.6. The Morgan fingerprint density at radius 3 is 1.21 bits per heavy atom. The summed E-state index contributed by atoms with van der Waals surface area (Å²) in [6, 6.07) is 0. The molecule has 0 aromatic rings. The Hall–Kier alpha value is 0. The van der Waals surface area contributed by atoms with Crippen LogP contribution in [0.25, 0.3) is 0 Å². The highest BCUT2D eigenvalue weighted by Gasteiger charge is 2.32. The summed E-state index contributed by atoms with van der Waals surface area (Å²) in [5.74, 6) is 1.79. The highest BCUT2D eigenvalue weighted by Crippen LogP contribution is 2.44. The fourth-order valence-electron chi connectivity index (χ4n) is 4.62. The van der Waals surface area contributed by atoms with E-state index < -0.39 is 0 Å². The molecule has 1 rings (SSSR count). The highest BCUT2D eigenvalue weighted by atomic mass is 14.4. The molecule has 1 atom stereocenters. The van der Waals surface area contributed by atoms with Gasteiger partial charge in [-0.05, 0) is 95.7 Å². The molecule has 0 amide bonds. The van der Waals surface area contributed by atoms with Gasteiger partial charge in [-0.1, -0.05) is 179 Å². The second kappa shape index (κ2) is 24.3. The van der Waals surface area contributed by atoms with E-state index in [4.69, 9.17) is 0 Å². The minimum Gasteiger partial charge on any atom is -0.0683 e. The summed E-state index contributed by atoms with van der Waals surface area (Å²) < 4.78 is 0. The van der Waals surface area contributed by atoms with Crippen molar-refractivity contribution in [2.24, 2.45) is 44.3 Å². The van der Waals surface area contributed by atoms with Crippen molar-refractivity contribution in [2.45, 2.75) is 230 Å². The standard InChI is InChI=1S/C12H24.2C12H26.3C2H6/c1-11(2,3)10-6-8-12(4,5)9-7-10;1-10(12(5,6)7)8-9-11(2,3)4;1-7-12(5,6)10-8-9-11(2,3)4;3*1-2/h10H,6-9H2,1-5H3;10H,8-9H2,1-7H3;7-10H2,1-6H3;3*1-2H3. The molecule has 0 nitrogen and oxygen atoms in total. The zero-order chi connectivity index (χ0) is 35.2. The van der Waals surface area contributed by atoms with Crippen LogP contribution in [0.15, 0.2) is 0 Å². The van der Waals surface area contributed by atoms with Crippen molar-refractivity contribution in [1.29, 1.82) is 0 Å². The maximum absolute atomic E-state index is 2.41. The molecule has 1 unspecified atom stereocenters. The Bertz CT molecular complexity index is 524. The van der Waals surface area contributed by atoms with E-state index >= 15 is 0 Å². The lowest BCUT2D eigenvalue weighted by atomic mass is 9.65. The largest absolute Gasteiger partial charge is 0.0683 e. The van der Waals surface area contributed by atoms with Crippen molar-refractivity contribution in [3.63, 3.8) is 0 Å². The van der Waals surface area contributed by atoms with Crippen LogP contribution in [0.2, 0.25) is 0 Å². The normalized spacial score (nSPS) is 16.3. The molecular weight excluding hydrogens is 504 g/mol. The molecular formula is C42H94. The molecule has 262 valence electrons. The van der Waals surface area contributed by atoms with Crippen LogP contribution < -0.4 is 0 Å². The molecule has 0 heteroatoms. The molecule has 1 saturated carbocycles. The van der Waals surface area contributed by atoms with E-state index in [1.807, 2.05) is 41.5 Å². The van der Waals surface area contributed by atoms with Gasteiger partial charge in [0.05, 0.1) is 0 Å². The zero-order valence-electron chi connectivity index (χ0n) is 35.2. The predicted octanol–water partition coefficient (Wildman–Crippen LogP) is 16.5. The Morgan fingerprint density at radius 2 is 0.952 bits per heavy atom. The van der Waals surface area contributed by atoms with Crippen molar-refractivity contribution in [3.8, 4) is 0 Å². The van der Waals surface area contributed by atoms with Gasteiger partial charge in [-0.2, -0.15) is 0 Å². The van der Waals surface area contributed by atoms with E-state index in [0.29, 0.717) is 32.5 Å². The molecule has 0 heterocycles. The van der Waals surface area contributed by atoms with Gasteiger partial charge in [0.1, 0.15) is 0 Å². The molecule has 0 aromatic heterocycles. The Morgan fingerprint density at radius 1 is 0.595 bits per heavy atom. The molecule has 0 aromatic carbocycles. The van der Waals surface area contributed by atoms with Crippen molar-refractivity contribution in [1.82, 2.24) is 0 Å². The molecule has 1 aliphatic carbocycles. The van der Waals surface area contributed by atoms with Crippen LogP contribution in [0, 0.1) is 44.3 Å². The van der Waals surface area contributed by atoms with Gasteiger partial charge in [0, 0.05) is 0 Å². The van der Waals surface area contributed by atoms with Crippen LogP contribution >= 0.6 is 0 Å². The molecule has 0 bridgehead atoms. The smallest absolute Gasteiger partial charge is 0.0354 e. The van der Waals surface area contributed by atoms with E-state index in [-0.39, 0.29) is 0 Å².